The van der Waals surface area contributed by atoms with Crippen molar-refractivity contribution in [3.63, 3.8) is 0 Å². The van der Waals surface area contributed by atoms with Crippen LogP contribution in [0.1, 0.15) is 25.8 Å². The fourth-order valence-electron chi connectivity index (χ4n) is 1.76. The van der Waals surface area contributed by atoms with Crippen LogP contribution in [-0.4, -0.2) is 21.1 Å². The van der Waals surface area contributed by atoms with E-state index in [2.05, 4.69) is 21.9 Å². The van der Waals surface area contributed by atoms with E-state index in [4.69, 9.17) is 10.00 Å². The SMILES string of the molecule is CCC(C)Oc1ncnc2[nH]cc(CC=CC#N)c12. The van der Waals surface area contributed by atoms with Gasteiger partial charge < -0.3 is 9.72 Å². The van der Waals surface area contributed by atoms with Crippen molar-refractivity contribution in [2.45, 2.75) is 32.8 Å². The normalized spacial score (nSPS) is 12.7. The summed E-state index contributed by atoms with van der Waals surface area (Å²) in [6, 6.07) is 1.98. The lowest BCUT2D eigenvalue weighted by Crippen LogP contribution is -2.11. The van der Waals surface area contributed by atoms with Gasteiger partial charge in [0.25, 0.3) is 0 Å². The zero-order valence-corrected chi connectivity index (χ0v) is 11.1. The Kier molecular flexibility index (Phi) is 4.14. The van der Waals surface area contributed by atoms with Gasteiger partial charge in [-0.1, -0.05) is 13.0 Å². The van der Waals surface area contributed by atoms with E-state index in [1.165, 1.54) is 12.4 Å². The molecule has 2 aromatic rings. The second-order valence-electron chi connectivity index (χ2n) is 4.29. The number of hydrogen-bond acceptors (Lipinski definition) is 4. The van der Waals surface area contributed by atoms with Crippen molar-refractivity contribution in [1.82, 2.24) is 15.0 Å². The molecule has 5 nitrogen and oxygen atoms in total. The zero-order valence-electron chi connectivity index (χ0n) is 11.1. The molecule has 19 heavy (non-hydrogen) atoms. The van der Waals surface area contributed by atoms with Gasteiger partial charge >= 0.3 is 0 Å². The first-order valence-corrected chi connectivity index (χ1v) is 6.28. The standard InChI is InChI=1S/C14H16N4O/c1-3-10(2)19-14-12-11(6-4-5-7-15)8-16-13(12)17-9-18-14/h4-5,8-10H,3,6H2,1-2H3,(H,16,17,18). The van der Waals surface area contributed by atoms with E-state index in [0.29, 0.717) is 12.3 Å². The first-order chi connectivity index (χ1) is 9.26. The third-order valence-corrected chi connectivity index (χ3v) is 2.93. The van der Waals surface area contributed by atoms with Gasteiger partial charge in [-0.05, 0) is 25.3 Å². The summed E-state index contributed by atoms with van der Waals surface area (Å²) in [6.07, 6.45) is 8.32. The predicted octanol–water partition coefficient (Wildman–Crippen LogP) is 2.76. The lowest BCUT2D eigenvalue weighted by molar-refractivity contribution is 0.211. The van der Waals surface area contributed by atoms with Crippen LogP contribution >= 0.6 is 0 Å². The number of ether oxygens (including phenoxy) is 1. The molecule has 1 N–H and O–H groups in total. The Labute approximate surface area is 111 Å². The van der Waals surface area contributed by atoms with E-state index in [0.717, 1.165) is 23.0 Å². The second kappa shape index (κ2) is 6.01. The van der Waals surface area contributed by atoms with Gasteiger partial charge in [0.2, 0.25) is 5.88 Å². The molecule has 0 spiro atoms. The molecule has 0 aromatic carbocycles. The molecule has 0 aliphatic heterocycles. The minimum Gasteiger partial charge on any atom is -0.474 e. The number of H-pyrrole nitrogens is 1. The second-order valence-corrected chi connectivity index (χ2v) is 4.29. The highest BCUT2D eigenvalue weighted by Crippen LogP contribution is 2.26. The number of aromatic nitrogens is 3. The van der Waals surface area contributed by atoms with Gasteiger partial charge in [-0.3, -0.25) is 0 Å². The van der Waals surface area contributed by atoms with Crippen LogP contribution < -0.4 is 4.74 Å². The smallest absolute Gasteiger partial charge is 0.226 e. The number of aromatic amines is 1. The number of nitrogens with one attached hydrogen (secondary N) is 1. The van der Waals surface area contributed by atoms with Gasteiger partial charge in [-0.15, -0.1) is 0 Å². The third-order valence-electron chi connectivity index (χ3n) is 2.93. The highest BCUT2D eigenvalue weighted by Gasteiger charge is 2.13. The largest absolute Gasteiger partial charge is 0.474 e. The third kappa shape index (κ3) is 2.91. The van der Waals surface area contributed by atoms with E-state index in [1.54, 1.807) is 0 Å². The monoisotopic (exact) mass is 256 g/mol. The molecule has 2 rings (SSSR count). The molecule has 2 aromatic heterocycles. The fourth-order valence-corrected chi connectivity index (χ4v) is 1.76. The Morgan fingerprint density at radius 2 is 2.37 bits per heavy atom. The van der Waals surface area contributed by atoms with Crippen molar-refractivity contribution in [3.8, 4) is 11.9 Å². The summed E-state index contributed by atoms with van der Waals surface area (Å²) in [7, 11) is 0. The first kappa shape index (κ1) is 13.1. The highest BCUT2D eigenvalue weighted by atomic mass is 16.5. The molecule has 0 aliphatic rings. The Balaban J connectivity index is 2.38. The van der Waals surface area contributed by atoms with E-state index < -0.39 is 0 Å². The lowest BCUT2D eigenvalue weighted by atomic mass is 10.1. The summed E-state index contributed by atoms with van der Waals surface area (Å²) in [5.74, 6) is 0.598. The summed E-state index contributed by atoms with van der Waals surface area (Å²) < 4.78 is 5.82. The molecule has 0 amide bonds. The van der Waals surface area contributed by atoms with Crippen molar-refractivity contribution in [1.29, 1.82) is 5.26 Å². The Hall–Kier alpha value is -2.35. The molecule has 0 saturated heterocycles. The zero-order chi connectivity index (χ0) is 13.7. The summed E-state index contributed by atoms with van der Waals surface area (Å²) >= 11 is 0. The van der Waals surface area contributed by atoms with Crippen LogP contribution in [0.5, 0.6) is 5.88 Å². The first-order valence-electron chi connectivity index (χ1n) is 6.28. The number of rotatable bonds is 5. The summed E-state index contributed by atoms with van der Waals surface area (Å²) in [6.45, 7) is 4.08. The number of hydrogen-bond donors (Lipinski definition) is 1. The Morgan fingerprint density at radius 1 is 1.53 bits per heavy atom. The molecule has 5 heteroatoms. The molecule has 0 aliphatic carbocycles. The summed E-state index contributed by atoms with van der Waals surface area (Å²) in [5.41, 5.74) is 1.79. The average Bonchev–Trinajstić information content (AvgIpc) is 2.83. The maximum atomic E-state index is 8.52. The quantitative estimate of drug-likeness (QED) is 0.835. The number of nitrogens with zero attached hydrogens (tertiary/aromatic N) is 3. The molecule has 0 radical (unpaired) electrons. The molecular formula is C14H16N4O. The van der Waals surface area contributed by atoms with Gasteiger partial charge in [0, 0.05) is 12.3 Å². The van der Waals surface area contributed by atoms with Gasteiger partial charge in [0.1, 0.15) is 12.0 Å². The predicted molar refractivity (Wildman–Crippen MR) is 72.7 cm³/mol. The summed E-state index contributed by atoms with van der Waals surface area (Å²) in [4.78, 5) is 11.5. The van der Waals surface area contributed by atoms with Crippen molar-refractivity contribution in [3.05, 3.63) is 30.2 Å². The fraction of sp³-hybridized carbons (Fsp3) is 0.357. The van der Waals surface area contributed by atoms with Crippen LogP contribution in [-0.2, 0) is 6.42 Å². The maximum Gasteiger partial charge on any atom is 0.226 e. The minimum absolute atomic E-state index is 0.107. The van der Waals surface area contributed by atoms with Crippen LogP contribution in [0.4, 0.5) is 0 Å². The molecule has 2 heterocycles. The van der Waals surface area contributed by atoms with Gasteiger partial charge in [0.15, 0.2) is 0 Å². The van der Waals surface area contributed by atoms with Crippen LogP contribution in [0.15, 0.2) is 24.7 Å². The molecule has 1 unspecified atom stereocenters. The molecule has 0 fully saturated rings. The maximum absolute atomic E-state index is 8.52. The Morgan fingerprint density at radius 3 is 3.11 bits per heavy atom. The molecule has 98 valence electrons. The Bertz CT molecular complexity index is 624. The van der Waals surface area contributed by atoms with E-state index >= 15 is 0 Å². The van der Waals surface area contributed by atoms with Gasteiger partial charge in [-0.2, -0.15) is 5.26 Å². The van der Waals surface area contributed by atoms with Crippen LogP contribution in [0.25, 0.3) is 11.0 Å². The van der Waals surface area contributed by atoms with Gasteiger partial charge in [-0.25, -0.2) is 9.97 Å². The van der Waals surface area contributed by atoms with Crippen molar-refractivity contribution >= 4 is 11.0 Å². The molecule has 0 bridgehead atoms. The van der Waals surface area contributed by atoms with Crippen molar-refractivity contribution < 1.29 is 4.74 Å². The van der Waals surface area contributed by atoms with Crippen molar-refractivity contribution in [2.24, 2.45) is 0 Å². The van der Waals surface area contributed by atoms with Crippen LogP contribution in [0.2, 0.25) is 0 Å². The molecule has 0 saturated carbocycles. The van der Waals surface area contributed by atoms with Crippen LogP contribution in [0.3, 0.4) is 0 Å². The van der Waals surface area contributed by atoms with E-state index in [-0.39, 0.29) is 6.10 Å². The number of fused-ring (bicyclic) bond motifs is 1. The topological polar surface area (TPSA) is 74.6 Å². The van der Waals surface area contributed by atoms with Crippen molar-refractivity contribution in [2.75, 3.05) is 0 Å². The molecular weight excluding hydrogens is 240 g/mol. The lowest BCUT2D eigenvalue weighted by Gasteiger charge is -2.12. The van der Waals surface area contributed by atoms with E-state index in [1.807, 2.05) is 25.3 Å². The number of allylic oxidation sites excluding steroid dienone is 2. The van der Waals surface area contributed by atoms with Crippen LogP contribution in [0, 0.1) is 11.3 Å². The highest BCUT2D eigenvalue weighted by molar-refractivity contribution is 5.84. The average molecular weight is 256 g/mol. The van der Waals surface area contributed by atoms with Gasteiger partial charge in [0.05, 0.1) is 17.6 Å². The number of nitriles is 1. The summed E-state index contributed by atoms with van der Waals surface area (Å²) in [5, 5.41) is 9.41. The minimum atomic E-state index is 0.107. The molecule has 1 atom stereocenters. The van der Waals surface area contributed by atoms with E-state index in [9.17, 15) is 0 Å².